The van der Waals surface area contributed by atoms with Crippen molar-refractivity contribution in [1.82, 2.24) is 14.7 Å². The predicted octanol–water partition coefficient (Wildman–Crippen LogP) is 3.74. The number of aromatic hydroxyl groups is 1. The predicted molar refractivity (Wildman–Crippen MR) is 133 cm³/mol. The zero-order chi connectivity index (χ0) is 28.3. The zero-order valence-electron chi connectivity index (χ0n) is 20.8. The SMILES string of the molecule is COC(=O)Nc1nn(C2CCN(Cc3c(F)cc(-c4ccccc4)c(O)c3F)C[C@@H](F)C2C#N)cc1C(N)=O. The lowest BCUT2D eigenvalue weighted by molar-refractivity contribution is 0.100. The molecule has 39 heavy (non-hydrogen) atoms. The number of nitriles is 1. The smallest absolute Gasteiger partial charge is 0.412 e. The molecule has 0 radical (unpaired) electrons. The molecule has 1 saturated heterocycles. The molecule has 0 spiro atoms. The van der Waals surface area contributed by atoms with Gasteiger partial charge in [-0.25, -0.2) is 18.0 Å². The van der Waals surface area contributed by atoms with Crippen molar-refractivity contribution in [3.63, 3.8) is 0 Å². The van der Waals surface area contributed by atoms with Gasteiger partial charge in [0.1, 0.15) is 23.5 Å². The highest BCUT2D eigenvalue weighted by Gasteiger charge is 2.37. The van der Waals surface area contributed by atoms with Gasteiger partial charge in [-0.05, 0) is 18.1 Å². The van der Waals surface area contributed by atoms with Gasteiger partial charge in [-0.3, -0.25) is 19.7 Å². The Balaban J connectivity index is 1.60. The number of hydrogen-bond donors (Lipinski definition) is 3. The Kier molecular flexibility index (Phi) is 8.06. The van der Waals surface area contributed by atoms with Crippen LogP contribution in [0.3, 0.4) is 0 Å². The van der Waals surface area contributed by atoms with Crippen LogP contribution >= 0.6 is 0 Å². The molecule has 0 aliphatic carbocycles. The summed E-state index contributed by atoms with van der Waals surface area (Å²) in [6, 6.07) is 10.3. The summed E-state index contributed by atoms with van der Waals surface area (Å²) in [5.41, 5.74) is 5.17. The third kappa shape index (κ3) is 5.65. The number of nitrogens with two attached hydrogens (primary N) is 1. The Morgan fingerprint density at radius 3 is 2.67 bits per heavy atom. The molecule has 3 aromatic rings. The van der Waals surface area contributed by atoms with Gasteiger partial charge in [0.05, 0.1) is 19.2 Å². The number of nitrogens with one attached hydrogen (secondary N) is 1. The molecule has 1 fully saturated rings. The summed E-state index contributed by atoms with van der Waals surface area (Å²) in [4.78, 5) is 24.9. The number of phenols is 1. The second-order valence-electron chi connectivity index (χ2n) is 9.03. The lowest BCUT2D eigenvalue weighted by Gasteiger charge is -2.22. The lowest BCUT2D eigenvalue weighted by atomic mass is 9.95. The van der Waals surface area contributed by atoms with Gasteiger partial charge < -0.3 is 15.6 Å². The van der Waals surface area contributed by atoms with Crippen molar-refractivity contribution in [2.75, 3.05) is 25.5 Å². The molecule has 2 aromatic carbocycles. The largest absolute Gasteiger partial charge is 0.504 e. The fourth-order valence-corrected chi connectivity index (χ4v) is 4.63. The quantitative estimate of drug-likeness (QED) is 0.430. The molecular weight excluding hydrogens is 517 g/mol. The number of primary amides is 1. The molecule has 0 bridgehead atoms. The zero-order valence-corrected chi connectivity index (χ0v) is 20.8. The van der Waals surface area contributed by atoms with E-state index in [0.717, 1.165) is 13.2 Å². The van der Waals surface area contributed by atoms with Crippen LogP contribution in [0.15, 0.2) is 42.6 Å². The van der Waals surface area contributed by atoms with Crippen molar-refractivity contribution in [2.45, 2.75) is 25.2 Å². The Morgan fingerprint density at radius 1 is 1.31 bits per heavy atom. The van der Waals surface area contributed by atoms with Crippen LogP contribution in [0, 0.1) is 28.9 Å². The average molecular weight is 543 g/mol. The molecule has 2 unspecified atom stereocenters. The van der Waals surface area contributed by atoms with Gasteiger partial charge in [-0.2, -0.15) is 10.4 Å². The lowest BCUT2D eigenvalue weighted by Crippen LogP contribution is -2.32. The number of nitrogens with zero attached hydrogens (tertiary/aromatic N) is 4. The number of anilines is 1. The van der Waals surface area contributed by atoms with Crippen molar-refractivity contribution < 1.29 is 32.6 Å². The number of rotatable bonds is 6. The van der Waals surface area contributed by atoms with Crippen molar-refractivity contribution in [3.8, 4) is 22.9 Å². The Labute approximate surface area is 221 Å². The first-order chi connectivity index (χ1) is 18.6. The van der Waals surface area contributed by atoms with E-state index in [2.05, 4.69) is 15.2 Å². The van der Waals surface area contributed by atoms with Crippen molar-refractivity contribution >= 4 is 17.8 Å². The molecule has 3 atom stereocenters. The number of phenolic OH excluding ortho intramolecular Hbond substituents is 1. The minimum atomic E-state index is -1.76. The second-order valence-corrected chi connectivity index (χ2v) is 9.03. The Hall–Kier alpha value is -4.57. The summed E-state index contributed by atoms with van der Waals surface area (Å²) >= 11 is 0. The number of benzene rings is 2. The molecule has 1 aliphatic heterocycles. The molecule has 10 nitrogen and oxygen atoms in total. The number of carbonyl (C=O) groups excluding carboxylic acids is 2. The van der Waals surface area contributed by atoms with E-state index in [4.69, 9.17) is 5.73 Å². The summed E-state index contributed by atoms with van der Waals surface area (Å²) in [5.74, 6) is -5.17. The maximum absolute atomic E-state index is 15.4. The monoisotopic (exact) mass is 542 g/mol. The van der Waals surface area contributed by atoms with E-state index in [1.165, 1.54) is 15.8 Å². The van der Waals surface area contributed by atoms with Gasteiger partial charge >= 0.3 is 6.09 Å². The van der Waals surface area contributed by atoms with Crippen molar-refractivity contribution in [1.29, 1.82) is 5.26 Å². The van der Waals surface area contributed by atoms with Gasteiger partial charge in [0.15, 0.2) is 17.4 Å². The third-order valence-corrected chi connectivity index (χ3v) is 6.62. The number of amides is 2. The highest BCUT2D eigenvalue weighted by Crippen LogP contribution is 2.37. The van der Waals surface area contributed by atoms with Crippen molar-refractivity contribution in [2.24, 2.45) is 11.7 Å². The average Bonchev–Trinajstić information content (AvgIpc) is 3.27. The Bertz CT molecular complexity index is 1430. The van der Waals surface area contributed by atoms with E-state index in [-0.39, 0.29) is 43.0 Å². The molecular formula is C26H25F3N6O4. The summed E-state index contributed by atoms with van der Waals surface area (Å²) in [7, 11) is 1.11. The molecule has 0 saturated carbocycles. The van der Waals surface area contributed by atoms with Crippen LogP contribution in [0.4, 0.5) is 23.8 Å². The summed E-state index contributed by atoms with van der Waals surface area (Å²) in [6.07, 6.45) is -1.37. The molecule has 2 heterocycles. The van der Waals surface area contributed by atoms with Crippen molar-refractivity contribution in [3.05, 3.63) is 65.4 Å². The van der Waals surface area contributed by atoms with Gasteiger partial charge in [0, 0.05) is 37.0 Å². The molecule has 1 aromatic heterocycles. The topological polar surface area (TPSA) is 146 Å². The Morgan fingerprint density at radius 2 is 2.03 bits per heavy atom. The first-order valence-corrected chi connectivity index (χ1v) is 11.9. The van der Waals surface area contributed by atoms with E-state index < -0.39 is 53.1 Å². The number of alkyl halides is 1. The normalized spacial score (nSPS) is 19.6. The van der Waals surface area contributed by atoms with E-state index in [9.17, 15) is 20.0 Å². The molecule has 4 rings (SSSR count). The highest BCUT2D eigenvalue weighted by atomic mass is 19.1. The summed E-state index contributed by atoms with van der Waals surface area (Å²) in [5, 5.41) is 26.6. The van der Waals surface area contributed by atoms with Crippen LogP contribution in [0.25, 0.3) is 11.1 Å². The van der Waals surface area contributed by atoms with Crippen LogP contribution in [0.2, 0.25) is 0 Å². The first-order valence-electron chi connectivity index (χ1n) is 11.9. The van der Waals surface area contributed by atoms with Gasteiger partial charge in [-0.15, -0.1) is 0 Å². The first kappa shape index (κ1) is 27.5. The molecule has 4 N–H and O–H groups in total. The standard InChI is InChI=1S/C26H25F3N6O4/c1-39-26(38)32-25-18(24(31)37)12-35(33-25)21-7-8-34(13-20(28)16(21)10-30)11-17-19(27)9-15(23(36)22(17)29)14-5-3-2-4-6-14/h2-6,9,12,16,20-21,36H,7-8,11,13H2,1H3,(H2,31,37)(H,32,33,38)/t16?,20-,21?/m1/s1. The van der Waals surface area contributed by atoms with Gasteiger partial charge in [-0.1, -0.05) is 30.3 Å². The van der Waals surface area contributed by atoms with Crippen LogP contribution in [-0.4, -0.2) is 58.2 Å². The fraction of sp³-hybridized carbons (Fsp3) is 0.308. The maximum Gasteiger partial charge on any atom is 0.412 e. The third-order valence-electron chi connectivity index (χ3n) is 6.62. The highest BCUT2D eigenvalue weighted by molar-refractivity contribution is 6.00. The fourth-order valence-electron chi connectivity index (χ4n) is 4.63. The van der Waals surface area contributed by atoms with Crippen LogP contribution < -0.4 is 11.1 Å². The van der Waals surface area contributed by atoms with E-state index >= 15 is 13.2 Å². The van der Waals surface area contributed by atoms with E-state index in [1.807, 2.05) is 6.07 Å². The van der Waals surface area contributed by atoms with Gasteiger partial charge in [0.25, 0.3) is 5.91 Å². The van der Waals surface area contributed by atoms with Crippen LogP contribution in [-0.2, 0) is 11.3 Å². The van der Waals surface area contributed by atoms with E-state index in [1.54, 1.807) is 30.3 Å². The number of likely N-dealkylation sites (tertiary alicyclic amines) is 1. The van der Waals surface area contributed by atoms with Crippen LogP contribution in [0.1, 0.15) is 28.4 Å². The van der Waals surface area contributed by atoms with E-state index in [0.29, 0.717) is 5.56 Å². The minimum absolute atomic E-state index is 0.0153. The minimum Gasteiger partial charge on any atom is -0.504 e. The molecule has 2 amide bonds. The number of hydrogen-bond acceptors (Lipinski definition) is 7. The maximum atomic E-state index is 15.4. The number of methoxy groups -OCH3 is 1. The number of carbonyl (C=O) groups is 2. The molecule has 204 valence electrons. The second kappa shape index (κ2) is 11.4. The number of halogens is 3. The van der Waals surface area contributed by atoms with Gasteiger partial charge in [0.2, 0.25) is 0 Å². The summed E-state index contributed by atoms with van der Waals surface area (Å²) in [6.45, 7) is -0.604. The number of ether oxygens (including phenoxy) is 1. The molecule has 1 aliphatic rings. The van der Waals surface area contributed by atoms with Crippen LogP contribution in [0.5, 0.6) is 5.75 Å². The number of aromatic nitrogens is 2. The summed E-state index contributed by atoms with van der Waals surface area (Å²) < 4.78 is 51.2. The molecule has 13 heteroatoms.